The predicted molar refractivity (Wildman–Crippen MR) is 80.9 cm³/mol. The summed E-state index contributed by atoms with van der Waals surface area (Å²) in [7, 11) is 0. The molecule has 1 aliphatic rings. The van der Waals surface area contributed by atoms with E-state index >= 15 is 0 Å². The first kappa shape index (κ1) is 12.9. The third-order valence-electron chi connectivity index (χ3n) is 3.37. The third-order valence-corrected chi connectivity index (χ3v) is 4.01. The minimum atomic E-state index is -0.324. The smallest absolute Gasteiger partial charge is 0.266 e. The lowest BCUT2D eigenvalue weighted by Gasteiger charge is -2.17. The number of hydrogen-bond donors (Lipinski definition) is 1. The number of amides is 2. The first-order chi connectivity index (χ1) is 9.50. The van der Waals surface area contributed by atoms with Gasteiger partial charge in [0.15, 0.2) is 0 Å². The van der Waals surface area contributed by atoms with Crippen LogP contribution < -0.4 is 10.6 Å². The molecule has 2 amide bonds. The second kappa shape index (κ2) is 4.45. The van der Waals surface area contributed by atoms with Crippen LogP contribution in [-0.4, -0.2) is 11.8 Å². The fourth-order valence-electron chi connectivity index (χ4n) is 2.26. The Bertz CT molecular complexity index is 721. The lowest BCUT2D eigenvalue weighted by Crippen LogP contribution is -2.29. The lowest BCUT2D eigenvalue weighted by atomic mass is 10.1. The largest absolute Gasteiger partial charge is 0.398 e. The molecule has 5 heteroatoms. The molecule has 0 radical (unpaired) electrons. The highest BCUT2D eigenvalue weighted by atomic mass is 79.9. The van der Waals surface area contributed by atoms with Gasteiger partial charge in [-0.25, -0.2) is 4.90 Å². The lowest BCUT2D eigenvalue weighted by molar-refractivity contribution is 0.0926. The van der Waals surface area contributed by atoms with Gasteiger partial charge in [-0.1, -0.05) is 12.1 Å². The number of aryl methyl sites for hydroxylation is 1. The molecule has 0 saturated heterocycles. The average Bonchev–Trinajstić information content (AvgIpc) is 2.68. The molecule has 0 atom stereocenters. The van der Waals surface area contributed by atoms with Gasteiger partial charge in [-0.05, 0) is 52.7 Å². The molecule has 100 valence electrons. The molecule has 2 aromatic rings. The Labute approximate surface area is 124 Å². The van der Waals surface area contributed by atoms with Crippen molar-refractivity contribution in [2.45, 2.75) is 6.92 Å². The van der Waals surface area contributed by atoms with Crippen LogP contribution >= 0.6 is 15.9 Å². The van der Waals surface area contributed by atoms with Gasteiger partial charge in [0.25, 0.3) is 11.8 Å². The number of nitrogens with two attached hydrogens (primary N) is 1. The molecule has 0 saturated carbocycles. The van der Waals surface area contributed by atoms with Gasteiger partial charge in [0.1, 0.15) is 0 Å². The molecule has 20 heavy (non-hydrogen) atoms. The van der Waals surface area contributed by atoms with E-state index in [1.54, 1.807) is 36.4 Å². The van der Waals surface area contributed by atoms with Gasteiger partial charge in [-0.3, -0.25) is 9.59 Å². The Kier molecular flexibility index (Phi) is 2.87. The van der Waals surface area contributed by atoms with E-state index in [9.17, 15) is 9.59 Å². The van der Waals surface area contributed by atoms with Crippen LogP contribution in [0.25, 0.3) is 0 Å². The van der Waals surface area contributed by atoms with E-state index in [2.05, 4.69) is 15.9 Å². The van der Waals surface area contributed by atoms with Gasteiger partial charge in [-0.15, -0.1) is 0 Å². The van der Waals surface area contributed by atoms with E-state index in [1.807, 2.05) is 6.92 Å². The monoisotopic (exact) mass is 330 g/mol. The maximum Gasteiger partial charge on any atom is 0.266 e. The molecule has 0 fully saturated rings. The van der Waals surface area contributed by atoms with Crippen LogP contribution in [0.15, 0.2) is 40.9 Å². The summed E-state index contributed by atoms with van der Waals surface area (Å²) in [6, 6.07) is 10.2. The summed E-state index contributed by atoms with van der Waals surface area (Å²) in [5.74, 6) is -0.649. The molecule has 0 aromatic heterocycles. The first-order valence-corrected chi connectivity index (χ1v) is 6.83. The fourth-order valence-corrected chi connectivity index (χ4v) is 2.89. The Balaban J connectivity index is 2.17. The maximum atomic E-state index is 12.4. The van der Waals surface area contributed by atoms with Crippen molar-refractivity contribution in [3.05, 3.63) is 57.6 Å². The Morgan fingerprint density at radius 2 is 1.60 bits per heavy atom. The molecule has 0 spiro atoms. The standard InChI is InChI=1S/C15H11BrN2O2/c1-8-6-11(16)13(7-12(8)17)18-14(19)9-4-2-3-5-10(9)15(18)20/h2-7H,17H2,1H3. The number of fused-ring (bicyclic) bond motifs is 1. The number of imide groups is 1. The van der Waals surface area contributed by atoms with E-state index in [4.69, 9.17) is 5.73 Å². The maximum absolute atomic E-state index is 12.4. The summed E-state index contributed by atoms with van der Waals surface area (Å²) in [6.07, 6.45) is 0. The summed E-state index contributed by atoms with van der Waals surface area (Å²) in [4.78, 5) is 26.0. The van der Waals surface area contributed by atoms with Crippen LogP contribution in [0.2, 0.25) is 0 Å². The quantitative estimate of drug-likeness (QED) is 0.645. The van der Waals surface area contributed by atoms with Crippen molar-refractivity contribution in [3.8, 4) is 0 Å². The highest BCUT2D eigenvalue weighted by Gasteiger charge is 2.37. The van der Waals surface area contributed by atoms with Gasteiger partial charge >= 0.3 is 0 Å². The molecule has 0 aliphatic carbocycles. The van der Waals surface area contributed by atoms with E-state index < -0.39 is 0 Å². The zero-order valence-corrected chi connectivity index (χ0v) is 12.3. The summed E-state index contributed by atoms with van der Waals surface area (Å²) < 4.78 is 0.665. The number of rotatable bonds is 1. The molecule has 3 rings (SSSR count). The fraction of sp³-hybridized carbons (Fsp3) is 0.0667. The summed E-state index contributed by atoms with van der Waals surface area (Å²) >= 11 is 3.39. The normalized spacial score (nSPS) is 13.8. The number of anilines is 2. The minimum absolute atomic E-state index is 0.324. The van der Waals surface area contributed by atoms with Gasteiger partial charge < -0.3 is 5.73 Å². The average molecular weight is 331 g/mol. The first-order valence-electron chi connectivity index (χ1n) is 6.04. The second-order valence-electron chi connectivity index (χ2n) is 4.65. The highest BCUT2D eigenvalue weighted by Crippen LogP contribution is 2.35. The van der Waals surface area contributed by atoms with Crippen LogP contribution in [0, 0.1) is 6.92 Å². The molecule has 1 heterocycles. The van der Waals surface area contributed by atoms with Crippen molar-refractivity contribution in [2.24, 2.45) is 0 Å². The number of nitrogens with zero attached hydrogens (tertiary/aromatic N) is 1. The SMILES string of the molecule is Cc1cc(Br)c(N2C(=O)c3ccccc3C2=O)cc1N. The van der Waals surface area contributed by atoms with Crippen molar-refractivity contribution in [1.82, 2.24) is 0 Å². The molecule has 2 aromatic carbocycles. The van der Waals surface area contributed by atoms with Crippen LogP contribution in [0.5, 0.6) is 0 Å². The van der Waals surface area contributed by atoms with E-state index in [0.29, 0.717) is 27.0 Å². The van der Waals surface area contributed by atoms with Gasteiger partial charge in [0.2, 0.25) is 0 Å². The summed E-state index contributed by atoms with van der Waals surface area (Å²) in [5, 5.41) is 0. The summed E-state index contributed by atoms with van der Waals surface area (Å²) in [5.41, 5.74) is 8.62. The van der Waals surface area contributed by atoms with Crippen LogP contribution in [-0.2, 0) is 0 Å². The Morgan fingerprint density at radius 1 is 1.05 bits per heavy atom. The van der Waals surface area contributed by atoms with Crippen molar-refractivity contribution < 1.29 is 9.59 Å². The van der Waals surface area contributed by atoms with Crippen LogP contribution in [0.4, 0.5) is 11.4 Å². The number of benzene rings is 2. The van der Waals surface area contributed by atoms with Gasteiger partial charge in [-0.2, -0.15) is 0 Å². The Hall–Kier alpha value is -2.14. The van der Waals surface area contributed by atoms with E-state index in [1.165, 1.54) is 0 Å². The van der Waals surface area contributed by atoms with Crippen molar-refractivity contribution in [2.75, 3.05) is 10.6 Å². The van der Waals surface area contributed by atoms with E-state index in [-0.39, 0.29) is 11.8 Å². The van der Waals surface area contributed by atoms with Crippen molar-refractivity contribution >= 4 is 39.1 Å². The molecule has 0 bridgehead atoms. The molecule has 0 unspecified atom stereocenters. The number of nitrogen functional groups attached to an aromatic ring is 1. The highest BCUT2D eigenvalue weighted by molar-refractivity contribution is 9.10. The zero-order valence-electron chi connectivity index (χ0n) is 10.7. The van der Waals surface area contributed by atoms with Crippen molar-refractivity contribution in [3.63, 3.8) is 0 Å². The molecule has 1 aliphatic heterocycles. The number of halogens is 1. The van der Waals surface area contributed by atoms with Crippen LogP contribution in [0.1, 0.15) is 26.3 Å². The molecular formula is C15H11BrN2O2. The van der Waals surface area contributed by atoms with Crippen molar-refractivity contribution in [1.29, 1.82) is 0 Å². The van der Waals surface area contributed by atoms with Crippen LogP contribution in [0.3, 0.4) is 0 Å². The predicted octanol–water partition coefficient (Wildman–Crippen LogP) is 3.14. The summed E-state index contributed by atoms with van der Waals surface area (Å²) in [6.45, 7) is 1.87. The second-order valence-corrected chi connectivity index (χ2v) is 5.51. The zero-order chi connectivity index (χ0) is 14.4. The third kappa shape index (κ3) is 1.74. The van der Waals surface area contributed by atoms with Gasteiger partial charge in [0, 0.05) is 10.2 Å². The molecular weight excluding hydrogens is 320 g/mol. The molecule has 2 N–H and O–H groups in total. The number of hydrogen-bond acceptors (Lipinski definition) is 3. The van der Waals surface area contributed by atoms with E-state index in [0.717, 1.165) is 10.5 Å². The number of carbonyl (C=O) groups is 2. The number of carbonyl (C=O) groups excluding carboxylic acids is 2. The topological polar surface area (TPSA) is 63.4 Å². The minimum Gasteiger partial charge on any atom is -0.398 e. The molecule has 4 nitrogen and oxygen atoms in total. The Morgan fingerprint density at radius 3 is 2.15 bits per heavy atom. The van der Waals surface area contributed by atoms with Gasteiger partial charge in [0.05, 0.1) is 16.8 Å².